The second kappa shape index (κ2) is 34.2. The fraction of sp³-hybridized carbons (Fsp3) is 0.525. The van der Waals surface area contributed by atoms with Crippen molar-refractivity contribution in [2.45, 2.75) is 123 Å². The Kier molecular flexibility index (Phi) is 31.5. The van der Waals surface area contributed by atoms with Gasteiger partial charge in [0.1, 0.15) is 13.2 Å². The second-order valence-corrected chi connectivity index (χ2v) is 10.6. The van der Waals surface area contributed by atoms with E-state index in [1.807, 2.05) is 36.5 Å². The largest absolute Gasteiger partial charge is 0.462 e. The molecular formula is C40H60O6. The molecule has 0 radical (unpaired) electrons. The predicted octanol–water partition coefficient (Wildman–Crippen LogP) is 10.3. The maximum atomic E-state index is 12.5. The predicted molar refractivity (Wildman–Crippen MR) is 191 cm³/mol. The Labute approximate surface area is 279 Å². The van der Waals surface area contributed by atoms with E-state index in [-0.39, 0.29) is 32.5 Å². The van der Waals surface area contributed by atoms with Gasteiger partial charge in [-0.25, -0.2) is 0 Å². The van der Waals surface area contributed by atoms with Crippen LogP contribution in [0.1, 0.15) is 117 Å². The molecule has 0 N–H and O–H groups in total. The van der Waals surface area contributed by atoms with Gasteiger partial charge < -0.3 is 14.2 Å². The van der Waals surface area contributed by atoms with Crippen molar-refractivity contribution in [2.24, 2.45) is 0 Å². The van der Waals surface area contributed by atoms with Gasteiger partial charge in [-0.15, -0.1) is 0 Å². The van der Waals surface area contributed by atoms with E-state index < -0.39 is 24.0 Å². The highest BCUT2D eigenvalue weighted by Gasteiger charge is 2.19. The van der Waals surface area contributed by atoms with Crippen molar-refractivity contribution >= 4 is 17.9 Å². The van der Waals surface area contributed by atoms with E-state index in [2.05, 4.69) is 81.5 Å². The molecule has 46 heavy (non-hydrogen) atoms. The zero-order valence-corrected chi connectivity index (χ0v) is 28.8. The first-order chi connectivity index (χ1) is 22.5. The summed E-state index contributed by atoms with van der Waals surface area (Å²) in [5, 5.41) is 0. The molecule has 0 fully saturated rings. The van der Waals surface area contributed by atoms with Gasteiger partial charge in [0.05, 0.1) is 0 Å². The average molecular weight is 637 g/mol. The number of carbonyl (C=O) groups is 3. The standard InChI is InChI=1S/C40H60O6/c1-4-7-10-13-16-19-21-24-26-29-32-38(41)44-35-37(46-40(43)34-31-28-23-18-15-12-9-6-3)36-45-39(42)33-30-27-25-22-20-17-14-11-8-5-2/h7-8,10-12,15-17,19-20,23-28,37H,4-6,9,13-14,18,21-22,29-36H2,1-3H3/b10-7-,11-8-,15-12-,19-16-,20-17-,26-24-,27-25?,28-23?. The van der Waals surface area contributed by atoms with E-state index in [0.29, 0.717) is 19.3 Å². The number of allylic oxidation sites excluding steroid dienone is 16. The van der Waals surface area contributed by atoms with Gasteiger partial charge in [0.2, 0.25) is 0 Å². The maximum Gasteiger partial charge on any atom is 0.306 e. The molecule has 0 saturated heterocycles. The lowest BCUT2D eigenvalue weighted by Gasteiger charge is -2.18. The molecule has 0 amide bonds. The molecule has 0 saturated carbocycles. The lowest BCUT2D eigenvalue weighted by atomic mass is 10.2. The number of esters is 3. The van der Waals surface area contributed by atoms with E-state index in [1.165, 1.54) is 0 Å². The van der Waals surface area contributed by atoms with E-state index in [0.717, 1.165) is 57.8 Å². The van der Waals surface area contributed by atoms with Crippen molar-refractivity contribution in [2.75, 3.05) is 13.2 Å². The number of hydrogen-bond donors (Lipinski definition) is 0. The molecule has 6 nitrogen and oxygen atoms in total. The van der Waals surface area contributed by atoms with Crippen molar-refractivity contribution in [3.8, 4) is 0 Å². The van der Waals surface area contributed by atoms with Gasteiger partial charge in [-0.05, 0) is 70.6 Å². The second-order valence-electron chi connectivity index (χ2n) is 10.6. The third-order valence-corrected chi connectivity index (χ3v) is 6.32. The van der Waals surface area contributed by atoms with Crippen molar-refractivity contribution < 1.29 is 28.6 Å². The molecule has 0 aliphatic heterocycles. The van der Waals surface area contributed by atoms with Crippen LogP contribution in [0.4, 0.5) is 0 Å². The molecule has 256 valence electrons. The Morgan fingerprint density at radius 2 is 0.761 bits per heavy atom. The summed E-state index contributed by atoms with van der Waals surface area (Å²) in [7, 11) is 0. The summed E-state index contributed by atoms with van der Waals surface area (Å²) in [5.74, 6) is -1.21. The van der Waals surface area contributed by atoms with Gasteiger partial charge in [0.15, 0.2) is 6.10 Å². The Morgan fingerprint density at radius 1 is 0.435 bits per heavy atom. The molecule has 0 spiro atoms. The Balaban J connectivity index is 4.66. The van der Waals surface area contributed by atoms with Gasteiger partial charge in [0.25, 0.3) is 0 Å². The van der Waals surface area contributed by atoms with Crippen LogP contribution in [0.25, 0.3) is 0 Å². The zero-order valence-electron chi connectivity index (χ0n) is 28.8. The third-order valence-electron chi connectivity index (χ3n) is 6.32. The number of unbranched alkanes of at least 4 members (excludes halogenated alkanes) is 1. The highest BCUT2D eigenvalue weighted by atomic mass is 16.6. The van der Waals surface area contributed by atoms with E-state index in [9.17, 15) is 14.4 Å². The van der Waals surface area contributed by atoms with Crippen LogP contribution in [0.5, 0.6) is 0 Å². The fourth-order valence-electron chi connectivity index (χ4n) is 3.81. The number of rotatable bonds is 28. The van der Waals surface area contributed by atoms with Gasteiger partial charge in [-0.2, -0.15) is 0 Å². The molecule has 6 heteroatoms. The molecule has 0 heterocycles. The van der Waals surface area contributed by atoms with Crippen molar-refractivity contribution in [3.05, 3.63) is 97.2 Å². The average Bonchev–Trinajstić information content (AvgIpc) is 3.05. The summed E-state index contributed by atoms with van der Waals surface area (Å²) in [6.07, 6.45) is 43.2. The van der Waals surface area contributed by atoms with Crippen LogP contribution in [0.2, 0.25) is 0 Å². The molecule has 0 aliphatic carbocycles. The zero-order chi connectivity index (χ0) is 33.8. The van der Waals surface area contributed by atoms with Gasteiger partial charge in [0, 0.05) is 19.3 Å². The van der Waals surface area contributed by atoms with E-state index >= 15 is 0 Å². The minimum absolute atomic E-state index is 0.159. The van der Waals surface area contributed by atoms with E-state index in [4.69, 9.17) is 14.2 Å². The molecule has 1 unspecified atom stereocenters. The number of ether oxygens (including phenoxy) is 3. The first kappa shape index (κ1) is 42.3. The Morgan fingerprint density at radius 3 is 1.13 bits per heavy atom. The topological polar surface area (TPSA) is 78.9 Å². The van der Waals surface area contributed by atoms with Crippen LogP contribution in [0.3, 0.4) is 0 Å². The highest BCUT2D eigenvalue weighted by molar-refractivity contribution is 5.71. The molecule has 0 bridgehead atoms. The molecule has 0 aliphatic rings. The van der Waals surface area contributed by atoms with Crippen molar-refractivity contribution in [1.29, 1.82) is 0 Å². The Hall–Kier alpha value is -3.67. The van der Waals surface area contributed by atoms with Gasteiger partial charge in [-0.3, -0.25) is 14.4 Å². The van der Waals surface area contributed by atoms with Crippen LogP contribution in [-0.2, 0) is 28.6 Å². The van der Waals surface area contributed by atoms with Crippen LogP contribution in [0.15, 0.2) is 97.2 Å². The highest BCUT2D eigenvalue weighted by Crippen LogP contribution is 2.06. The van der Waals surface area contributed by atoms with Gasteiger partial charge >= 0.3 is 17.9 Å². The van der Waals surface area contributed by atoms with Crippen molar-refractivity contribution in [3.63, 3.8) is 0 Å². The smallest absolute Gasteiger partial charge is 0.306 e. The normalized spacial score (nSPS) is 13.2. The first-order valence-electron chi connectivity index (χ1n) is 17.2. The summed E-state index contributed by atoms with van der Waals surface area (Å²) in [4.78, 5) is 37.1. The third kappa shape index (κ3) is 31.7. The van der Waals surface area contributed by atoms with Crippen LogP contribution >= 0.6 is 0 Å². The minimum atomic E-state index is -0.855. The minimum Gasteiger partial charge on any atom is -0.462 e. The molecule has 1 atom stereocenters. The first-order valence-corrected chi connectivity index (χ1v) is 17.2. The quantitative estimate of drug-likeness (QED) is 0.0483. The maximum absolute atomic E-state index is 12.5. The van der Waals surface area contributed by atoms with Crippen LogP contribution < -0.4 is 0 Å². The molecular weight excluding hydrogens is 576 g/mol. The SMILES string of the molecule is CC/C=C\C/C=C\CC=CCCC(=O)OCC(COC(=O)CC/C=C\C/C=C\C/C=C\CC)OC(=O)CCC=CC/C=C\CCC. The molecule has 0 aromatic heterocycles. The number of carbonyl (C=O) groups excluding carboxylic acids is 3. The van der Waals surface area contributed by atoms with Crippen molar-refractivity contribution in [1.82, 2.24) is 0 Å². The van der Waals surface area contributed by atoms with Gasteiger partial charge in [-0.1, -0.05) is 124 Å². The summed E-state index contributed by atoms with van der Waals surface area (Å²) in [6.45, 7) is 6.04. The summed E-state index contributed by atoms with van der Waals surface area (Å²) in [6, 6.07) is 0. The lowest BCUT2D eigenvalue weighted by Crippen LogP contribution is -2.30. The molecule has 0 rings (SSSR count). The molecule has 0 aromatic rings. The van der Waals surface area contributed by atoms with E-state index in [1.54, 1.807) is 0 Å². The van der Waals surface area contributed by atoms with Crippen LogP contribution in [0, 0.1) is 0 Å². The number of hydrogen-bond acceptors (Lipinski definition) is 6. The van der Waals surface area contributed by atoms with Crippen LogP contribution in [-0.4, -0.2) is 37.2 Å². The molecule has 0 aromatic carbocycles. The summed E-state index contributed by atoms with van der Waals surface area (Å²) < 4.78 is 16.3. The monoisotopic (exact) mass is 636 g/mol. The summed E-state index contributed by atoms with van der Waals surface area (Å²) in [5.41, 5.74) is 0. The summed E-state index contributed by atoms with van der Waals surface area (Å²) >= 11 is 0. The lowest BCUT2D eigenvalue weighted by molar-refractivity contribution is -0.166. The Bertz CT molecular complexity index is 951. The fourth-order valence-corrected chi connectivity index (χ4v) is 3.81.